The fourth-order valence-electron chi connectivity index (χ4n) is 2.39. The molecule has 98 valence electrons. The Labute approximate surface area is 113 Å². The van der Waals surface area contributed by atoms with Crippen molar-refractivity contribution in [2.24, 2.45) is 0 Å². The molecule has 0 unspecified atom stereocenters. The molecule has 1 saturated heterocycles. The average molecular weight is 268 g/mol. The molecule has 1 aromatic carbocycles. The third-order valence-corrected chi connectivity index (χ3v) is 3.84. The van der Waals surface area contributed by atoms with Gasteiger partial charge in [-0.05, 0) is 26.3 Å². The number of benzene rings is 1. The van der Waals surface area contributed by atoms with Crippen molar-refractivity contribution < 1.29 is 9.53 Å². The molecule has 0 spiro atoms. The van der Waals surface area contributed by atoms with E-state index < -0.39 is 5.60 Å². The number of ether oxygens (including phenoxy) is 1. The van der Waals surface area contributed by atoms with Gasteiger partial charge in [0.2, 0.25) is 0 Å². The van der Waals surface area contributed by atoms with Gasteiger partial charge in [-0.15, -0.1) is 11.6 Å². The van der Waals surface area contributed by atoms with Crippen LogP contribution in [0.2, 0.25) is 0 Å². The zero-order valence-corrected chi connectivity index (χ0v) is 11.6. The molecule has 1 fully saturated rings. The van der Waals surface area contributed by atoms with Gasteiger partial charge in [-0.25, -0.2) is 4.79 Å². The summed E-state index contributed by atoms with van der Waals surface area (Å²) in [5, 5.41) is 0. The van der Waals surface area contributed by atoms with E-state index in [1.54, 1.807) is 4.90 Å². The Balaban J connectivity index is 2.30. The highest BCUT2D eigenvalue weighted by molar-refractivity contribution is 6.18. The summed E-state index contributed by atoms with van der Waals surface area (Å²) in [7, 11) is 0. The van der Waals surface area contributed by atoms with E-state index in [4.69, 9.17) is 16.3 Å². The van der Waals surface area contributed by atoms with E-state index in [-0.39, 0.29) is 18.2 Å². The molecule has 2 rings (SSSR count). The van der Waals surface area contributed by atoms with Crippen LogP contribution in [0.4, 0.5) is 4.79 Å². The molecule has 1 aliphatic rings. The van der Waals surface area contributed by atoms with Crippen molar-refractivity contribution in [1.82, 2.24) is 4.90 Å². The van der Waals surface area contributed by atoms with Crippen LogP contribution >= 0.6 is 11.6 Å². The lowest BCUT2D eigenvalue weighted by Crippen LogP contribution is -2.44. The van der Waals surface area contributed by atoms with E-state index in [2.05, 4.69) is 0 Å². The number of carbonyl (C=O) groups excluding carboxylic acids is 1. The Hall–Kier alpha value is -1.22. The molecule has 0 aromatic heterocycles. The number of hydrogen-bond donors (Lipinski definition) is 0. The van der Waals surface area contributed by atoms with Crippen molar-refractivity contribution >= 4 is 17.7 Å². The SMILES string of the molecule is C[C@H](c1ccccc1)N1C(=O)OC(C)(C)[C@@H]1CCl. The van der Waals surface area contributed by atoms with Crippen molar-refractivity contribution in [1.29, 1.82) is 0 Å². The van der Waals surface area contributed by atoms with Gasteiger partial charge in [0.1, 0.15) is 5.60 Å². The van der Waals surface area contributed by atoms with Crippen LogP contribution in [0.5, 0.6) is 0 Å². The highest BCUT2D eigenvalue weighted by Gasteiger charge is 2.49. The lowest BCUT2D eigenvalue weighted by Gasteiger charge is -2.31. The second-order valence-electron chi connectivity index (χ2n) is 5.14. The summed E-state index contributed by atoms with van der Waals surface area (Å²) in [6.45, 7) is 5.79. The van der Waals surface area contributed by atoms with Gasteiger partial charge in [0, 0.05) is 5.88 Å². The Morgan fingerprint density at radius 2 is 2.00 bits per heavy atom. The van der Waals surface area contributed by atoms with Gasteiger partial charge in [0.05, 0.1) is 12.1 Å². The third-order valence-electron chi connectivity index (χ3n) is 3.54. The van der Waals surface area contributed by atoms with E-state index in [0.717, 1.165) is 5.56 Å². The number of carbonyl (C=O) groups is 1. The number of amides is 1. The zero-order chi connectivity index (χ0) is 13.3. The molecular weight excluding hydrogens is 250 g/mol. The predicted octanol–water partition coefficient (Wildman–Crippen LogP) is 3.59. The smallest absolute Gasteiger partial charge is 0.411 e. The molecule has 0 radical (unpaired) electrons. The maximum atomic E-state index is 12.0. The summed E-state index contributed by atoms with van der Waals surface area (Å²) in [5.74, 6) is 0.371. The van der Waals surface area contributed by atoms with Crippen LogP contribution < -0.4 is 0 Å². The number of rotatable bonds is 3. The normalized spacial score (nSPS) is 23.9. The molecule has 18 heavy (non-hydrogen) atoms. The highest BCUT2D eigenvalue weighted by Crippen LogP contribution is 2.36. The minimum atomic E-state index is -0.540. The molecule has 2 atom stereocenters. The summed E-state index contributed by atoms with van der Waals surface area (Å²) in [6.07, 6.45) is -0.290. The van der Waals surface area contributed by atoms with Crippen LogP contribution in [0.1, 0.15) is 32.4 Å². The Kier molecular flexibility index (Phi) is 3.53. The second-order valence-corrected chi connectivity index (χ2v) is 5.44. The molecule has 0 saturated carbocycles. The number of cyclic esters (lactones) is 1. The molecular formula is C14H18ClNO2. The molecule has 1 amide bonds. The molecule has 0 bridgehead atoms. The number of alkyl halides is 1. The lowest BCUT2D eigenvalue weighted by molar-refractivity contribution is 0.0720. The van der Waals surface area contributed by atoms with Gasteiger partial charge in [-0.2, -0.15) is 0 Å². The van der Waals surface area contributed by atoms with Gasteiger partial charge < -0.3 is 4.74 Å². The quantitative estimate of drug-likeness (QED) is 0.784. The molecule has 1 aliphatic heterocycles. The van der Waals surface area contributed by atoms with E-state index in [9.17, 15) is 4.79 Å². The fraction of sp³-hybridized carbons (Fsp3) is 0.500. The van der Waals surface area contributed by atoms with Gasteiger partial charge >= 0.3 is 6.09 Å². The van der Waals surface area contributed by atoms with Crippen LogP contribution in [0.25, 0.3) is 0 Å². The molecule has 1 heterocycles. The third kappa shape index (κ3) is 2.19. The van der Waals surface area contributed by atoms with Crippen LogP contribution in [0, 0.1) is 0 Å². The highest BCUT2D eigenvalue weighted by atomic mass is 35.5. The number of nitrogens with zero attached hydrogens (tertiary/aromatic N) is 1. The maximum absolute atomic E-state index is 12.0. The number of halogens is 1. The van der Waals surface area contributed by atoms with Crippen molar-refractivity contribution in [3.05, 3.63) is 35.9 Å². The topological polar surface area (TPSA) is 29.5 Å². The first-order valence-electron chi connectivity index (χ1n) is 6.09. The Morgan fingerprint density at radius 1 is 1.39 bits per heavy atom. The molecule has 0 N–H and O–H groups in total. The van der Waals surface area contributed by atoms with Gasteiger partial charge in [-0.3, -0.25) is 4.90 Å². The lowest BCUT2D eigenvalue weighted by atomic mass is 9.97. The molecule has 0 aliphatic carbocycles. The Morgan fingerprint density at radius 3 is 2.56 bits per heavy atom. The van der Waals surface area contributed by atoms with Crippen LogP contribution in [-0.4, -0.2) is 28.5 Å². The maximum Gasteiger partial charge on any atom is 0.411 e. The number of hydrogen-bond acceptors (Lipinski definition) is 2. The van der Waals surface area contributed by atoms with E-state index in [1.807, 2.05) is 51.1 Å². The van der Waals surface area contributed by atoms with Gasteiger partial charge in [0.25, 0.3) is 0 Å². The molecule has 3 nitrogen and oxygen atoms in total. The summed E-state index contributed by atoms with van der Waals surface area (Å²) in [4.78, 5) is 13.8. The van der Waals surface area contributed by atoms with Crippen LogP contribution in [-0.2, 0) is 4.74 Å². The van der Waals surface area contributed by atoms with Gasteiger partial charge in [0.15, 0.2) is 0 Å². The van der Waals surface area contributed by atoms with Crippen LogP contribution in [0.15, 0.2) is 30.3 Å². The second kappa shape index (κ2) is 4.81. The first-order chi connectivity index (χ1) is 8.47. The molecule has 1 aromatic rings. The van der Waals surface area contributed by atoms with E-state index in [0.29, 0.717) is 5.88 Å². The molecule has 4 heteroatoms. The van der Waals surface area contributed by atoms with Crippen molar-refractivity contribution in [3.8, 4) is 0 Å². The van der Waals surface area contributed by atoms with E-state index >= 15 is 0 Å². The largest absolute Gasteiger partial charge is 0.441 e. The fourth-order valence-corrected chi connectivity index (χ4v) is 2.91. The summed E-state index contributed by atoms with van der Waals surface area (Å²) < 4.78 is 5.41. The monoisotopic (exact) mass is 267 g/mol. The predicted molar refractivity (Wildman–Crippen MR) is 71.8 cm³/mol. The standard InChI is InChI=1S/C14H18ClNO2/c1-10(11-7-5-4-6-8-11)16-12(9-15)14(2,3)18-13(16)17/h4-8,10,12H,9H2,1-3H3/t10-,12+/m1/s1. The van der Waals surface area contributed by atoms with Gasteiger partial charge in [-0.1, -0.05) is 30.3 Å². The van der Waals surface area contributed by atoms with Crippen molar-refractivity contribution in [2.45, 2.75) is 38.5 Å². The first-order valence-corrected chi connectivity index (χ1v) is 6.63. The minimum Gasteiger partial charge on any atom is -0.441 e. The zero-order valence-electron chi connectivity index (χ0n) is 10.9. The summed E-state index contributed by atoms with van der Waals surface area (Å²) in [6, 6.07) is 9.76. The van der Waals surface area contributed by atoms with Crippen molar-refractivity contribution in [3.63, 3.8) is 0 Å². The first kappa shape index (κ1) is 13.2. The minimum absolute atomic E-state index is 0.0378. The van der Waals surface area contributed by atoms with Crippen LogP contribution in [0.3, 0.4) is 0 Å². The summed E-state index contributed by atoms with van der Waals surface area (Å²) >= 11 is 6.01. The van der Waals surface area contributed by atoms with Crippen molar-refractivity contribution in [2.75, 3.05) is 5.88 Å². The average Bonchev–Trinajstić information content (AvgIpc) is 2.58. The Bertz CT molecular complexity index is 433. The van der Waals surface area contributed by atoms with E-state index in [1.165, 1.54) is 0 Å². The summed E-state index contributed by atoms with van der Waals surface area (Å²) in [5.41, 5.74) is 0.546.